The van der Waals surface area contributed by atoms with Crippen molar-refractivity contribution in [2.75, 3.05) is 19.6 Å². The first-order chi connectivity index (χ1) is 21.1. The van der Waals surface area contributed by atoms with Crippen LogP contribution in [0.3, 0.4) is 0 Å². The number of benzene rings is 2. The Balaban J connectivity index is 0.00000155. The van der Waals surface area contributed by atoms with Crippen molar-refractivity contribution in [3.63, 3.8) is 0 Å². The number of nitrogens with one attached hydrogen (secondary N) is 1. The molecule has 2 nitrogen and oxygen atoms in total. The molecule has 0 bridgehead atoms. The van der Waals surface area contributed by atoms with Gasteiger partial charge in [0.25, 0.3) is 0 Å². The molecule has 4 rings (SSSR count). The minimum absolute atomic E-state index is 0.566. The molecule has 1 heterocycles. The van der Waals surface area contributed by atoms with E-state index in [0.29, 0.717) is 5.92 Å². The van der Waals surface area contributed by atoms with Gasteiger partial charge in [-0.15, -0.1) is 0 Å². The molecule has 0 atom stereocenters. The van der Waals surface area contributed by atoms with Crippen LogP contribution < -0.4 is 5.32 Å². The second-order valence-corrected chi connectivity index (χ2v) is 10.6. The van der Waals surface area contributed by atoms with Crippen LogP contribution in [0.4, 0.5) is 0 Å². The monoisotopic (exact) mass is 576 g/mol. The predicted molar refractivity (Wildman–Crippen MR) is 193 cm³/mol. The maximum absolute atomic E-state index is 4.21. The average molecular weight is 577 g/mol. The Morgan fingerprint density at radius 3 is 2.07 bits per heavy atom. The molecule has 0 spiro atoms. The summed E-state index contributed by atoms with van der Waals surface area (Å²) in [4.78, 5) is 2.37. The van der Waals surface area contributed by atoms with Crippen LogP contribution in [-0.4, -0.2) is 24.5 Å². The van der Waals surface area contributed by atoms with Crippen LogP contribution in [0, 0.1) is 5.92 Å². The Labute approximate surface area is 264 Å². The van der Waals surface area contributed by atoms with Gasteiger partial charge in [-0.05, 0) is 89.7 Å². The summed E-state index contributed by atoms with van der Waals surface area (Å²) in [5.74, 6) is 0.566. The first-order valence-electron chi connectivity index (χ1n) is 16.5. The second-order valence-electron chi connectivity index (χ2n) is 10.6. The van der Waals surface area contributed by atoms with Gasteiger partial charge in [0.05, 0.1) is 0 Å². The summed E-state index contributed by atoms with van der Waals surface area (Å²) < 4.78 is 0. The SMILES string of the molecule is C=CC(=C)/C=C(\C=C/C)C(=C(/c1ccccc1)C1CCC1)/c1ccc(CNC/C=C/C(=C)N2CCCC2)cc1.CC.CC. The van der Waals surface area contributed by atoms with Crippen molar-refractivity contribution >= 4 is 11.1 Å². The van der Waals surface area contributed by atoms with Crippen molar-refractivity contribution in [1.29, 1.82) is 0 Å². The lowest BCUT2D eigenvalue weighted by Crippen LogP contribution is -2.17. The molecule has 0 amide bonds. The van der Waals surface area contributed by atoms with E-state index in [1.54, 1.807) is 0 Å². The Morgan fingerprint density at radius 2 is 1.51 bits per heavy atom. The standard InChI is InChI=1S/C37H44N2.2C2H6/c1-5-14-35(27-29(3)6-2)37(36(33-18-12-19-33)32-16-8-7-9-17-32)34-22-20-31(21-23-34)28-38-24-13-15-30(4)39-25-10-11-26-39;2*1-2/h5-9,13-17,20-23,27,33,38H,2-4,10-12,18-19,24-26,28H2,1H3;2*1-2H3/b14-5-,15-13+,35-27+,37-36-;;. The van der Waals surface area contributed by atoms with Crippen molar-refractivity contribution < 1.29 is 0 Å². The number of likely N-dealkylation sites (tertiary alicyclic amines) is 1. The first kappa shape index (κ1) is 35.6. The third kappa shape index (κ3) is 10.9. The van der Waals surface area contributed by atoms with Gasteiger partial charge in [0.2, 0.25) is 0 Å². The van der Waals surface area contributed by atoms with Gasteiger partial charge in [0.15, 0.2) is 0 Å². The van der Waals surface area contributed by atoms with E-state index in [1.165, 1.54) is 65.5 Å². The van der Waals surface area contributed by atoms with Gasteiger partial charge in [-0.1, -0.05) is 133 Å². The normalized spacial score (nSPS) is 15.7. The summed E-state index contributed by atoms with van der Waals surface area (Å²) in [6.07, 6.45) is 19.0. The highest BCUT2D eigenvalue weighted by Gasteiger charge is 2.27. The molecule has 2 aromatic rings. The molecule has 0 radical (unpaired) electrons. The van der Waals surface area contributed by atoms with Crippen molar-refractivity contribution in [3.05, 3.63) is 144 Å². The highest BCUT2D eigenvalue weighted by Crippen LogP contribution is 2.45. The lowest BCUT2D eigenvalue weighted by atomic mass is 9.72. The smallest absolute Gasteiger partial charge is 0.0290 e. The fraction of sp³-hybridized carbons (Fsp3) is 0.366. The lowest BCUT2D eigenvalue weighted by molar-refractivity contribution is 0.401. The first-order valence-corrected chi connectivity index (χ1v) is 16.5. The van der Waals surface area contributed by atoms with Gasteiger partial charge in [0.1, 0.15) is 0 Å². The van der Waals surface area contributed by atoms with Gasteiger partial charge < -0.3 is 10.2 Å². The zero-order chi connectivity index (χ0) is 31.5. The van der Waals surface area contributed by atoms with E-state index in [2.05, 4.69) is 122 Å². The van der Waals surface area contributed by atoms with E-state index in [9.17, 15) is 0 Å². The summed E-state index contributed by atoms with van der Waals surface area (Å²) in [5.41, 5.74) is 9.81. The van der Waals surface area contributed by atoms with E-state index in [1.807, 2.05) is 33.8 Å². The summed E-state index contributed by atoms with van der Waals surface area (Å²) >= 11 is 0. The number of hydrogen-bond donors (Lipinski definition) is 1. The second kappa shape index (κ2) is 20.3. The summed E-state index contributed by atoms with van der Waals surface area (Å²) in [5, 5.41) is 3.55. The molecule has 1 saturated carbocycles. The van der Waals surface area contributed by atoms with E-state index in [4.69, 9.17) is 0 Å². The van der Waals surface area contributed by atoms with Gasteiger partial charge in [0, 0.05) is 31.9 Å². The van der Waals surface area contributed by atoms with E-state index in [0.717, 1.165) is 37.4 Å². The highest BCUT2D eigenvalue weighted by molar-refractivity contribution is 6.01. The molecule has 1 saturated heterocycles. The number of hydrogen-bond acceptors (Lipinski definition) is 2. The molecule has 230 valence electrons. The average Bonchev–Trinajstić information content (AvgIpc) is 3.58. The molecule has 43 heavy (non-hydrogen) atoms. The molecule has 0 aromatic heterocycles. The van der Waals surface area contributed by atoms with Gasteiger partial charge >= 0.3 is 0 Å². The molecule has 0 unspecified atom stereocenters. The molecular formula is C41H56N2. The van der Waals surface area contributed by atoms with Crippen LogP contribution in [0.2, 0.25) is 0 Å². The van der Waals surface area contributed by atoms with E-state index in [-0.39, 0.29) is 0 Å². The Kier molecular flexibility index (Phi) is 16.8. The van der Waals surface area contributed by atoms with Crippen molar-refractivity contribution in [2.45, 2.75) is 73.3 Å². The topological polar surface area (TPSA) is 15.3 Å². The van der Waals surface area contributed by atoms with Gasteiger partial charge in [-0.25, -0.2) is 0 Å². The zero-order valence-corrected chi connectivity index (χ0v) is 27.7. The summed E-state index contributed by atoms with van der Waals surface area (Å²) in [6, 6.07) is 20.0. The quantitative estimate of drug-likeness (QED) is 0.145. The molecule has 2 heteroatoms. The molecule has 1 aliphatic carbocycles. The third-order valence-electron chi connectivity index (χ3n) is 7.76. The highest BCUT2D eigenvalue weighted by atomic mass is 15.1. The van der Waals surface area contributed by atoms with Gasteiger partial charge in [-0.3, -0.25) is 0 Å². The number of rotatable bonds is 13. The predicted octanol–water partition coefficient (Wildman–Crippen LogP) is 10.9. The Morgan fingerprint density at radius 1 is 0.860 bits per heavy atom. The Bertz CT molecular complexity index is 1240. The Hall–Kier alpha value is -3.62. The van der Waals surface area contributed by atoms with E-state index < -0.39 is 0 Å². The van der Waals surface area contributed by atoms with Crippen molar-refractivity contribution in [1.82, 2.24) is 10.2 Å². The minimum Gasteiger partial charge on any atom is -0.372 e. The lowest BCUT2D eigenvalue weighted by Gasteiger charge is -2.32. The molecule has 1 aliphatic heterocycles. The van der Waals surface area contributed by atoms with Crippen molar-refractivity contribution in [2.24, 2.45) is 5.92 Å². The molecular weight excluding hydrogens is 520 g/mol. The fourth-order valence-corrected chi connectivity index (χ4v) is 5.41. The van der Waals surface area contributed by atoms with Crippen LogP contribution in [0.5, 0.6) is 0 Å². The van der Waals surface area contributed by atoms with Crippen LogP contribution in [0.1, 0.15) is 83.4 Å². The molecule has 2 aliphatic rings. The number of nitrogens with zero attached hydrogens (tertiary/aromatic N) is 1. The third-order valence-corrected chi connectivity index (χ3v) is 7.76. The maximum atomic E-state index is 4.21. The maximum Gasteiger partial charge on any atom is 0.0290 e. The van der Waals surface area contributed by atoms with Crippen LogP contribution in [0.25, 0.3) is 11.1 Å². The van der Waals surface area contributed by atoms with Crippen LogP contribution >= 0.6 is 0 Å². The number of allylic oxidation sites excluding steroid dienone is 9. The summed E-state index contributed by atoms with van der Waals surface area (Å²) in [6.45, 7) is 26.4. The van der Waals surface area contributed by atoms with Crippen LogP contribution in [0.15, 0.2) is 128 Å². The molecule has 1 N–H and O–H groups in total. The van der Waals surface area contributed by atoms with E-state index >= 15 is 0 Å². The summed E-state index contributed by atoms with van der Waals surface area (Å²) in [7, 11) is 0. The zero-order valence-electron chi connectivity index (χ0n) is 27.7. The van der Waals surface area contributed by atoms with Crippen molar-refractivity contribution in [3.8, 4) is 0 Å². The minimum atomic E-state index is 0.566. The van der Waals surface area contributed by atoms with Crippen LogP contribution in [-0.2, 0) is 6.54 Å². The molecule has 2 fully saturated rings. The fourth-order valence-electron chi connectivity index (χ4n) is 5.41. The largest absolute Gasteiger partial charge is 0.372 e. The van der Waals surface area contributed by atoms with Gasteiger partial charge in [-0.2, -0.15) is 0 Å². The molecule has 2 aromatic carbocycles.